The summed E-state index contributed by atoms with van der Waals surface area (Å²) >= 11 is 0. The zero-order chi connectivity index (χ0) is 22.4. The number of nitrogens with zero attached hydrogens (tertiary/aromatic N) is 1. The molecule has 1 fully saturated rings. The molecule has 0 radical (unpaired) electrons. The van der Waals surface area contributed by atoms with E-state index in [-0.39, 0.29) is 0 Å². The van der Waals surface area contributed by atoms with Crippen LogP contribution < -0.4 is 0 Å². The number of benzene rings is 1. The predicted molar refractivity (Wildman–Crippen MR) is 136 cm³/mol. The molecular weight excluding hydrogens is 374 g/mol. The maximum Gasteiger partial charge on any atom is 0.0430 e. The summed E-state index contributed by atoms with van der Waals surface area (Å²) in [6.07, 6.45) is 19.7. The van der Waals surface area contributed by atoms with Crippen LogP contribution in [0.3, 0.4) is 0 Å². The number of rotatable bonds is 7. The first-order valence-electron chi connectivity index (χ1n) is 12.0. The third kappa shape index (κ3) is 5.26. The van der Waals surface area contributed by atoms with E-state index in [0.717, 1.165) is 12.0 Å². The first kappa shape index (κ1) is 23.3. The summed E-state index contributed by atoms with van der Waals surface area (Å²) in [6.45, 7) is 14.7. The van der Waals surface area contributed by atoms with E-state index in [2.05, 4.69) is 95.1 Å². The Morgan fingerprint density at radius 2 is 1.97 bits per heavy atom. The van der Waals surface area contributed by atoms with Crippen LogP contribution in [-0.2, 0) is 6.42 Å². The quantitative estimate of drug-likeness (QED) is 0.314. The van der Waals surface area contributed by atoms with Gasteiger partial charge in [0.15, 0.2) is 0 Å². The van der Waals surface area contributed by atoms with Crippen LogP contribution in [0.25, 0.3) is 0 Å². The summed E-state index contributed by atoms with van der Waals surface area (Å²) in [7, 11) is 0. The van der Waals surface area contributed by atoms with Crippen LogP contribution in [0.1, 0.15) is 64.5 Å². The average molecular weight is 414 g/mol. The lowest BCUT2D eigenvalue weighted by Gasteiger charge is -2.27. The Morgan fingerprint density at radius 1 is 1.19 bits per heavy atom. The number of hydrogen-bond acceptors (Lipinski definition) is 1. The van der Waals surface area contributed by atoms with Gasteiger partial charge in [-0.15, -0.1) is 0 Å². The maximum atomic E-state index is 4.97. The van der Waals surface area contributed by atoms with Gasteiger partial charge >= 0.3 is 0 Å². The third-order valence-electron chi connectivity index (χ3n) is 6.79. The van der Waals surface area contributed by atoms with E-state index in [4.69, 9.17) is 4.99 Å². The van der Waals surface area contributed by atoms with Crippen LogP contribution in [0.4, 0.5) is 0 Å². The standard InChI is InChI=1S/C26H29N.C4H10/c1-5-21(10-9-18(2)3)24-17-27-25-23(24)12-11-22-16-26(22,25)14-13-20-8-6-7-19(4)15-20;1-3-4-2/h5-12,15,17,22-23H,2,13-14,16H2,1,3-4H3;3-4H2,1-2H3/b10-9-,21-5+;. The van der Waals surface area contributed by atoms with Crippen molar-refractivity contribution in [3.05, 3.63) is 95.3 Å². The number of aliphatic imine (C=N–C) groups is 1. The van der Waals surface area contributed by atoms with Crippen LogP contribution in [0.2, 0.25) is 0 Å². The van der Waals surface area contributed by atoms with E-state index in [1.807, 2.05) is 6.92 Å². The van der Waals surface area contributed by atoms with Gasteiger partial charge < -0.3 is 0 Å². The number of fused-ring (bicyclic) bond motifs is 3. The van der Waals surface area contributed by atoms with Crippen molar-refractivity contribution in [2.75, 3.05) is 0 Å². The van der Waals surface area contributed by atoms with E-state index >= 15 is 0 Å². The van der Waals surface area contributed by atoms with Crippen molar-refractivity contribution in [3.8, 4) is 0 Å². The van der Waals surface area contributed by atoms with E-state index < -0.39 is 0 Å². The summed E-state index contributed by atoms with van der Waals surface area (Å²) in [5.74, 6) is 1.03. The van der Waals surface area contributed by atoms with Crippen molar-refractivity contribution in [1.82, 2.24) is 0 Å². The molecule has 1 heteroatoms. The van der Waals surface area contributed by atoms with Crippen LogP contribution >= 0.6 is 0 Å². The molecule has 0 amide bonds. The largest absolute Gasteiger partial charge is 0.264 e. The van der Waals surface area contributed by atoms with Crippen molar-refractivity contribution < 1.29 is 0 Å². The van der Waals surface area contributed by atoms with Gasteiger partial charge in [-0.1, -0.05) is 99.1 Å². The van der Waals surface area contributed by atoms with Crippen LogP contribution in [0, 0.1) is 24.2 Å². The topological polar surface area (TPSA) is 12.4 Å². The summed E-state index contributed by atoms with van der Waals surface area (Å²) < 4.78 is 0. The second-order valence-corrected chi connectivity index (χ2v) is 9.34. The SMILES string of the molecule is C=C(C)/C=C\C(=C/C)C1=CN=C2C1C=CC1CC21CCc1cccc(C)c1.CCCC. The highest BCUT2D eigenvalue weighted by Gasteiger charge is 2.59. The van der Waals surface area contributed by atoms with Gasteiger partial charge in [-0.05, 0) is 62.7 Å². The van der Waals surface area contributed by atoms with Crippen LogP contribution in [0.5, 0.6) is 0 Å². The van der Waals surface area contributed by atoms with E-state index in [0.29, 0.717) is 17.3 Å². The molecule has 164 valence electrons. The molecule has 1 heterocycles. The minimum Gasteiger partial charge on any atom is -0.264 e. The summed E-state index contributed by atoms with van der Waals surface area (Å²) in [5.41, 5.74) is 8.17. The smallest absolute Gasteiger partial charge is 0.0430 e. The van der Waals surface area contributed by atoms with E-state index in [1.54, 1.807) is 0 Å². The number of hydrogen-bond donors (Lipinski definition) is 0. The predicted octanol–water partition coefficient (Wildman–Crippen LogP) is 8.34. The molecule has 31 heavy (non-hydrogen) atoms. The van der Waals surface area contributed by atoms with Gasteiger partial charge in [0.25, 0.3) is 0 Å². The minimum absolute atomic E-state index is 0.290. The normalized spacial score (nSPS) is 25.9. The van der Waals surface area contributed by atoms with Crippen molar-refractivity contribution in [3.63, 3.8) is 0 Å². The molecule has 0 N–H and O–H groups in total. The highest BCUT2D eigenvalue weighted by atomic mass is 14.8. The number of allylic oxidation sites excluding steroid dienone is 8. The van der Waals surface area contributed by atoms with Crippen LogP contribution in [0.15, 0.2) is 89.1 Å². The molecule has 2 aliphatic carbocycles. The van der Waals surface area contributed by atoms with Crippen molar-refractivity contribution in [2.24, 2.45) is 22.2 Å². The Bertz CT molecular complexity index is 950. The first-order chi connectivity index (χ1) is 14.9. The maximum absolute atomic E-state index is 4.97. The molecular formula is C30H39N. The zero-order valence-electron chi connectivity index (χ0n) is 20.1. The van der Waals surface area contributed by atoms with Gasteiger partial charge in [0.05, 0.1) is 0 Å². The minimum atomic E-state index is 0.290. The molecule has 1 aliphatic heterocycles. The zero-order valence-corrected chi connectivity index (χ0v) is 20.1. The molecule has 3 aliphatic rings. The molecule has 1 nitrogen and oxygen atoms in total. The lowest BCUT2D eigenvalue weighted by Crippen LogP contribution is -2.28. The number of unbranched alkanes of at least 4 members (excludes halogenated alkanes) is 1. The van der Waals surface area contributed by atoms with Gasteiger partial charge in [0.1, 0.15) is 0 Å². The van der Waals surface area contributed by atoms with Gasteiger partial charge in [-0.2, -0.15) is 0 Å². The Morgan fingerprint density at radius 3 is 2.61 bits per heavy atom. The molecule has 4 rings (SSSR count). The van der Waals surface area contributed by atoms with Gasteiger partial charge in [0, 0.05) is 23.2 Å². The summed E-state index contributed by atoms with van der Waals surface area (Å²) in [4.78, 5) is 4.97. The molecule has 0 saturated heterocycles. The molecule has 1 saturated carbocycles. The summed E-state index contributed by atoms with van der Waals surface area (Å²) in [5, 5.41) is 0. The Labute approximate surface area is 190 Å². The molecule has 0 aromatic heterocycles. The fourth-order valence-electron chi connectivity index (χ4n) is 4.70. The molecule has 0 bridgehead atoms. The lowest BCUT2D eigenvalue weighted by atomic mass is 9.76. The van der Waals surface area contributed by atoms with Gasteiger partial charge in [-0.25, -0.2) is 0 Å². The molecule has 1 aromatic rings. The Balaban J connectivity index is 0.000000628. The van der Waals surface area contributed by atoms with Gasteiger partial charge in [0.2, 0.25) is 0 Å². The Kier molecular flexibility index (Phi) is 7.70. The molecule has 3 unspecified atom stereocenters. The van der Waals surface area contributed by atoms with Gasteiger partial charge in [-0.3, -0.25) is 4.99 Å². The third-order valence-corrected chi connectivity index (χ3v) is 6.79. The average Bonchev–Trinajstić information content (AvgIpc) is 3.35. The fourth-order valence-corrected chi connectivity index (χ4v) is 4.70. The molecule has 0 spiro atoms. The molecule has 3 atom stereocenters. The first-order valence-corrected chi connectivity index (χ1v) is 12.0. The molecule has 1 aromatic carbocycles. The number of aryl methyl sites for hydroxylation is 2. The van der Waals surface area contributed by atoms with Crippen LogP contribution in [-0.4, -0.2) is 5.71 Å². The lowest BCUT2D eigenvalue weighted by molar-refractivity contribution is 0.566. The second kappa shape index (κ2) is 10.3. The van der Waals surface area contributed by atoms with E-state index in [9.17, 15) is 0 Å². The highest BCUT2D eigenvalue weighted by molar-refractivity contribution is 6.02. The fraction of sp³-hybridized carbons (Fsp3) is 0.433. The highest BCUT2D eigenvalue weighted by Crippen LogP contribution is 2.63. The monoisotopic (exact) mass is 413 g/mol. The summed E-state index contributed by atoms with van der Waals surface area (Å²) in [6, 6.07) is 8.94. The second-order valence-electron chi connectivity index (χ2n) is 9.34. The van der Waals surface area contributed by atoms with Crippen molar-refractivity contribution in [1.29, 1.82) is 0 Å². The van der Waals surface area contributed by atoms with E-state index in [1.165, 1.54) is 53.7 Å². The van der Waals surface area contributed by atoms with Crippen molar-refractivity contribution >= 4 is 5.71 Å². The Hall–Kier alpha value is -2.41. The van der Waals surface area contributed by atoms with Crippen molar-refractivity contribution in [2.45, 2.75) is 66.7 Å².